The number of rotatable bonds is 3. The minimum Gasteiger partial charge on any atom is -0.436 e. The SMILES string of the molecule is CC(C)(C)c1ccc(-c2nc3cc(NC(=O)c4cccc(Cl)c4Cl)ccc3o2)cc1. The van der Waals surface area contributed by atoms with Crippen LogP contribution in [0, 0.1) is 0 Å². The van der Waals surface area contributed by atoms with Crippen molar-refractivity contribution in [3.63, 3.8) is 0 Å². The van der Waals surface area contributed by atoms with E-state index in [1.807, 2.05) is 12.1 Å². The van der Waals surface area contributed by atoms with Gasteiger partial charge in [0.05, 0.1) is 15.6 Å². The highest BCUT2D eigenvalue weighted by molar-refractivity contribution is 6.44. The summed E-state index contributed by atoms with van der Waals surface area (Å²) in [6.07, 6.45) is 0. The van der Waals surface area contributed by atoms with Crippen molar-refractivity contribution in [2.75, 3.05) is 5.32 Å². The van der Waals surface area contributed by atoms with Crippen LogP contribution in [-0.4, -0.2) is 10.9 Å². The van der Waals surface area contributed by atoms with Crippen molar-refractivity contribution in [1.29, 1.82) is 0 Å². The highest BCUT2D eigenvalue weighted by atomic mass is 35.5. The summed E-state index contributed by atoms with van der Waals surface area (Å²) < 4.78 is 5.90. The lowest BCUT2D eigenvalue weighted by Gasteiger charge is -2.18. The number of fused-ring (bicyclic) bond motifs is 1. The number of carbonyl (C=O) groups excluding carboxylic acids is 1. The smallest absolute Gasteiger partial charge is 0.257 e. The fourth-order valence-electron chi connectivity index (χ4n) is 3.12. The van der Waals surface area contributed by atoms with Gasteiger partial charge in [-0.05, 0) is 53.4 Å². The molecule has 4 rings (SSSR count). The van der Waals surface area contributed by atoms with Gasteiger partial charge in [-0.15, -0.1) is 0 Å². The largest absolute Gasteiger partial charge is 0.436 e. The number of oxazole rings is 1. The molecule has 0 bridgehead atoms. The van der Waals surface area contributed by atoms with E-state index in [2.05, 4.69) is 43.2 Å². The molecule has 4 nitrogen and oxygen atoms in total. The molecule has 0 aliphatic carbocycles. The first kappa shape index (κ1) is 20.5. The lowest BCUT2D eigenvalue weighted by Crippen LogP contribution is -2.12. The van der Waals surface area contributed by atoms with E-state index in [0.29, 0.717) is 33.3 Å². The number of amides is 1. The third-order valence-electron chi connectivity index (χ3n) is 4.84. The van der Waals surface area contributed by atoms with Gasteiger partial charge < -0.3 is 9.73 Å². The lowest BCUT2D eigenvalue weighted by molar-refractivity contribution is 0.102. The van der Waals surface area contributed by atoms with Gasteiger partial charge in [-0.1, -0.05) is 62.2 Å². The number of anilines is 1. The zero-order valence-corrected chi connectivity index (χ0v) is 18.3. The molecule has 4 aromatic rings. The van der Waals surface area contributed by atoms with Crippen LogP contribution in [0.1, 0.15) is 36.7 Å². The van der Waals surface area contributed by atoms with Crippen molar-refractivity contribution in [2.24, 2.45) is 0 Å². The van der Waals surface area contributed by atoms with Crippen molar-refractivity contribution in [2.45, 2.75) is 26.2 Å². The first-order valence-corrected chi connectivity index (χ1v) is 10.2. The zero-order chi connectivity index (χ0) is 21.5. The number of nitrogens with one attached hydrogen (secondary N) is 1. The maximum Gasteiger partial charge on any atom is 0.257 e. The monoisotopic (exact) mass is 438 g/mol. The topological polar surface area (TPSA) is 55.1 Å². The van der Waals surface area contributed by atoms with E-state index in [1.165, 1.54) is 5.56 Å². The number of carbonyl (C=O) groups is 1. The third-order valence-corrected chi connectivity index (χ3v) is 5.66. The summed E-state index contributed by atoms with van der Waals surface area (Å²) in [4.78, 5) is 17.1. The van der Waals surface area contributed by atoms with Gasteiger partial charge >= 0.3 is 0 Å². The maximum absolute atomic E-state index is 12.6. The molecule has 0 atom stereocenters. The fraction of sp³-hybridized carbons (Fsp3) is 0.167. The van der Waals surface area contributed by atoms with Gasteiger partial charge in [-0.25, -0.2) is 4.98 Å². The van der Waals surface area contributed by atoms with Crippen LogP contribution >= 0.6 is 23.2 Å². The average molecular weight is 439 g/mol. The van der Waals surface area contributed by atoms with E-state index in [-0.39, 0.29) is 16.3 Å². The van der Waals surface area contributed by atoms with Crippen molar-refractivity contribution in [1.82, 2.24) is 4.98 Å². The maximum atomic E-state index is 12.6. The molecule has 0 unspecified atom stereocenters. The Morgan fingerprint density at radius 2 is 1.73 bits per heavy atom. The summed E-state index contributed by atoms with van der Waals surface area (Å²) in [5, 5.41) is 3.38. The molecule has 1 N–H and O–H groups in total. The van der Waals surface area contributed by atoms with E-state index in [4.69, 9.17) is 27.6 Å². The van der Waals surface area contributed by atoms with Crippen LogP contribution in [0.3, 0.4) is 0 Å². The highest BCUT2D eigenvalue weighted by Crippen LogP contribution is 2.30. The Morgan fingerprint density at radius 1 is 1.00 bits per heavy atom. The highest BCUT2D eigenvalue weighted by Gasteiger charge is 2.16. The van der Waals surface area contributed by atoms with E-state index < -0.39 is 0 Å². The second-order valence-electron chi connectivity index (χ2n) is 8.08. The van der Waals surface area contributed by atoms with Crippen LogP contribution < -0.4 is 5.32 Å². The van der Waals surface area contributed by atoms with Crippen molar-refractivity contribution >= 4 is 45.9 Å². The minimum absolute atomic E-state index is 0.0822. The van der Waals surface area contributed by atoms with Crippen LogP contribution in [0.25, 0.3) is 22.6 Å². The molecular weight excluding hydrogens is 419 g/mol. The van der Waals surface area contributed by atoms with Gasteiger partial charge in [0.15, 0.2) is 5.58 Å². The van der Waals surface area contributed by atoms with E-state index >= 15 is 0 Å². The summed E-state index contributed by atoms with van der Waals surface area (Å²) in [5.74, 6) is 0.190. The molecular formula is C24H20Cl2N2O2. The first-order chi connectivity index (χ1) is 14.2. The summed E-state index contributed by atoms with van der Waals surface area (Å²) in [7, 11) is 0. The van der Waals surface area contributed by atoms with Crippen LogP contribution in [0.5, 0.6) is 0 Å². The predicted molar refractivity (Wildman–Crippen MR) is 123 cm³/mol. The van der Waals surface area contributed by atoms with Crippen molar-refractivity contribution in [3.05, 3.63) is 81.8 Å². The molecule has 0 saturated carbocycles. The lowest BCUT2D eigenvalue weighted by atomic mass is 9.87. The van der Waals surface area contributed by atoms with E-state index in [0.717, 1.165) is 5.56 Å². The van der Waals surface area contributed by atoms with Crippen molar-refractivity contribution in [3.8, 4) is 11.5 Å². The quantitative estimate of drug-likeness (QED) is 0.363. The number of hydrogen-bond donors (Lipinski definition) is 1. The Labute approximate surface area is 184 Å². The van der Waals surface area contributed by atoms with Gasteiger partial charge in [-0.3, -0.25) is 4.79 Å². The molecule has 3 aromatic carbocycles. The predicted octanol–water partition coefficient (Wildman–Crippen LogP) is 7.35. The molecule has 0 fully saturated rings. The van der Waals surface area contributed by atoms with E-state index in [9.17, 15) is 4.79 Å². The summed E-state index contributed by atoms with van der Waals surface area (Å²) >= 11 is 12.1. The Balaban J connectivity index is 1.60. The molecule has 1 aromatic heterocycles. The summed E-state index contributed by atoms with van der Waals surface area (Å²) in [5.41, 5.74) is 4.42. The Morgan fingerprint density at radius 3 is 2.43 bits per heavy atom. The van der Waals surface area contributed by atoms with Crippen LogP contribution in [0.4, 0.5) is 5.69 Å². The van der Waals surface area contributed by atoms with Crippen LogP contribution in [0.2, 0.25) is 10.0 Å². The van der Waals surface area contributed by atoms with Gasteiger partial charge in [-0.2, -0.15) is 0 Å². The van der Waals surface area contributed by atoms with Gasteiger partial charge in [0, 0.05) is 11.3 Å². The molecule has 1 amide bonds. The minimum atomic E-state index is -0.344. The molecule has 0 aliphatic rings. The molecule has 0 saturated heterocycles. The molecule has 0 aliphatic heterocycles. The molecule has 6 heteroatoms. The Hall–Kier alpha value is -2.82. The Kier molecular flexibility index (Phi) is 5.31. The van der Waals surface area contributed by atoms with Gasteiger partial charge in [0.25, 0.3) is 5.91 Å². The molecule has 152 valence electrons. The van der Waals surface area contributed by atoms with Gasteiger partial charge in [0.2, 0.25) is 5.89 Å². The third kappa shape index (κ3) is 4.07. The zero-order valence-electron chi connectivity index (χ0n) is 16.8. The fourth-order valence-corrected chi connectivity index (χ4v) is 3.51. The molecule has 0 radical (unpaired) electrons. The summed E-state index contributed by atoms with van der Waals surface area (Å²) in [6, 6.07) is 18.4. The van der Waals surface area contributed by atoms with Crippen LogP contribution in [-0.2, 0) is 5.41 Å². The number of aromatic nitrogens is 1. The van der Waals surface area contributed by atoms with E-state index in [1.54, 1.807) is 36.4 Å². The summed E-state index contributed by atoms with van der Waals surface area (Å²) in [6.45, 7) is 6.52. The van der Waals surface area contributed by atoms with Crippen LogP contribution in [0.15, 0.2) is 65.1 Å². The molecule has 1 heterocycles. The molecule has 0 spiro atoms. The first-order valence-electron chi connectivity index (χ1n) is 9.49. The average Bonchev–Trinajstić information content (AvgIpc) is 3.13. The number of nitrogens with zero attached hydrogens (tertiary/aromatic N) is 1. The molecule has 30 heavy (non-hydrogen) atoms. The normalized spacial score (nSPS) is 11.6. The number of halogens is 2. The van der Waals surface area contributed by atoms with Crippen molar-refractivity contribution < 1.29 is 9.21 Å². The standard InChI is InChI=1S/C24H20Cl2N2O2/c1-24(2,3)15-9-7-14(8-10-15)23-28-19-13-16(11-12-20(19)30-23)27-22(29)17-5-4-6-18(25)21(17)26/h4-13H,1-3H3,(H,27,29). The second-order valence-corrected chi connectivity index (χ2v) is 8.87. The number of benzene rings is 3. The Bertz CT molecular complexity index is 1240. The second kappa shape index (κ2) is 7.78. The number of hydrogen-bond acceptors (Lipinski definition) is 3. The van der Waals surface area contributed by atoms with Gasteiger partial charge in [0.1, 0.15) is 5.52 Å².